The number of ether oxygens (including phenoxy) is 4. The van der Waals surface area contributed by atoms with Crippen LogP contribution in [0.15, 0.2) is 15.0 Å². The normalized spacial score (nSPS) is 22.6. The van der Waals surface area contributed by atoms with Gasteiger partial charge >= 0.3 is 13.8 Å². The van der Waals surface area contributed by atoms with Crippen LogP contribution in [0, 0.1) is 0 Å². The summed E-state index contributed by atoms with van der Waals surface area (Å²) in [6.45, 7) is 3.31. The second-order valence-electron chi connectivity index (χ2n) is 6.14. The molecule has 2 N–H and O–H groups in total. The highest BCUT2D eigenvalue weighted by Crippen LogP contribution is 2.47. The molecule has 0 bridgehead atoms. The topological polar surface area (TPSA) is 156 Å². The number of rotatable bonds is 10. The van der Waals surface area contributed by atoms with Crippen LogP contribution in [0.25, 0.3) is 0 Å². The predicted octanol–water partition coefficient (Wildman–Crippen LogP) is 0.748. The van der Waals surface area contributed by atoms with Gasteiger partial charge in [-0.3, -0.25) is 14.1 Å². The molecule has 2 aliphatic rings. The molecule has 14 heteroatoms. The Balaban J connectivity index is 1.73. The molecule has 0 fully saturated rings. The van der Waals surface area contributed by atoms with Gasteiger partial charge < -0.3 is 34.1 Å². The smallest absolute Gasteiger partial charge is 0.482 e. The standard InChI is InChI=1S/C15H26N5O8P/c1-10(2)28-15(21)26-8-27-29(22,24-4)9-25-6-5-20-7-17-11-12(20)18-14(16)19-13(11)23-3/h7,10-12H,5-6,8-9H2,1-4H3,(H2,16,18). The highest BCUT2D eigenvalue weighted by atomic mass is 31.2. The molecule has 3 unspecified atom stereocenters. The first-order valence-corrected chi connectivity index (χ1v) is 10.5. The summed E-state index contributed by atoms with van der Waals surface area (Å²) in [5.74, 6) is 0.489. The van der Waals surface area contributed by atoms with Gasteiger partial charge in [-0.15, -0.1) is 0 Å². The minimum atomic E-state index is -3.60. The van der Waals surface area contributed by atoms with Gasteiger partial charge in [0.2, 0.25) is 18.7 Å². The van der Waals surface area contributed by atoms with E-state index in [9.17, 15) is 9.36 Å². The summed E-state index contributed by atoms with van der Waals surface area (Å²) in [5, 5.41) is 0. The van der Waals surface area contributed by atoms with Crippen molar-refractivity contribution in [2.45, 2.75) is 32.2 Å². The zero-order valence-corrected chi connectivity index (χ0v) is 17.6. The second-order valence-corrected chi connectivity index (χ2v) is 8.24. The Labute approximate surface area is 168 Å². The van der Waals surface area contributed by atoms with E-state index in [2.05, 4.69) is 19.7 Å². The fourth-order valence-electron chi connectivity index (χ4n) is 2.39. The Morgan fingerprint density at radius 3 is 2.79 bits per heavy atom. The maximum atomic E-state index is 12.4. The van der Waals surface area contributed by atoms with Crippen LogP contribution in [0.4, 0.5) is 4.79 Å². The summed E-state index contributed by atoms with van der Waals surface area (Å²) >= 11 is 0. The summed E-state index contributed by atoms with van der Waals surface area (Å²) in [6.07, 6.45) is -0.379. The van der Waals surface area contributed by atoms with Crippen molar-refractivity contribution in [2.24, 2.45) is 20.7 Å². The largest absolute Gasteiger partial charge is 0.510 e. The van der Waals surface area contributed by atoms with Crippen LogP contribution in [0.2, 0.25) is 0 Å². The molecule has 0 aromatic carbocycles. The van der Waals surface area contributed by atoms with Crippen molar-refractivity contribution < 1.29 is 37.4 Å². The number of guanidine groups is 1. The second kappa shape index (κ2) is 10.5. The summed E-state index contributed by atoms with van der Waals surface area (Å²) in [7, 11) is -0.901. The van der Waals surface area contributed by atoms with Crippen LogP contribution < -0.4 is 5.73 Å². The molecule has 0 radical (unpaired) electrons. The van der Waals surface area contributed by atoms with Crippen molar-refractivity contribution in [3.8, 4) is 0 Å². The molecular formula is C15H26N5O8P. The van der Waals surface area contributed by atoms with Gasteiger partial charge in [0.05, 0.1) is 26.2 Å². The third-order valence-electron chi connectivity index (χ3n) is 3.73. The molecule has 0 aliphatic carbocycles. The number of hydrogen-bond acceptors (Lipinski definition) is 13. The van der Waals surface area contributed by atoms with E-state index in [-0.39, 0.29) is 37.2 Å². The van der Waals surface area contributed by atoms with Gasteiger partial charge in [-0.2, -0.15) is 4.99 Å². The van der Waals surface area contributed by atoms with Gasteiger partial charge in [0.25, 0.3) is 0 Å². The van der Waals surface area contributed by atoms with E-state index in [1.54, 1.807) is 25.1 Å². The number of fused-ring (bicyclic) bond motifs is 1. The lowest BCUT2D eigenvalue weighted by molar-refractivity contribution is -0.0147. The number of nitrogens with two attached hydrogens (primary N) is 1. The van der Waals surface area contributed by atoms with E-state index in [1.165, 1.54) is 14.2 Å². The van der Waals surface area contributed by atoms with E-state index in [0.717, 1.165) is 0 Å². The summed E-state index contributed by atoms with van der Waals surface area (Å²) < 4.78 is 42.3. The first kappa shape index (κ1) is 23.1. The number of aliphatic imine (C=N–C) groups is 3. The molecule has 2 heterocycles. The van der Waals surface area contributed by atoms with Crippen LogP contribution in [0.3, 0.4) is 0 Å². The molecule has 2 rings (SSSR count). The van der Waals surface area contributed by atoms with E-state index in [4.69, 9.17) is 29.0 Å². The van der Waals surface area contributed by atoms with E-state index >= 15 is 0 Å². The SMILES string of the molecule is COC1=NC(N)=NC2C1N=CN2CCOCP(=O)(OC)OCOC(=O)OC(C)C. The van der Waals surface area contributed by atoms with Gasteiger partial charge in [0, 0.05) is 13.7 Å². The zero-order valence-electron chi connectivity index (χ0n) is 16.7. The van der Waals surface area contributed by atoms with Crippen molar-refractivity contribution in [3.05, 3.63) is 0 Å². The number of carbonyl (C=O) groups excluding carboxylic acids is 1. The Bertz CT molecular complexity index is 713. The quantitative estimate of drug-likeness (QED) is 0.225. The molecule has 3 atom stereocenters. The molecule has 0 aromatic heterocycles. The van der Waals surface area contributed by atoms with Gasteiger partial charge in [-0.1, -0.05) is 0 Å². The Hall–Kier alpha value is -2.21. The molecule has 0 amide bonds. The van der Waals surface area contributed by atoms with Crippen LogP contribution >= 0.6 is 7.60 Å². The highest BCUT2D eigenvalue weighted by Gasteiger charge is 2.38. The molecule has 29 heavy (non-hydrogen) atoms. The summed E-state index contributed by atoms with van der Waals surface area (Å²) in [4.78, 5) is 25.6. The maximum Gasteiger partial charge on any atom is 0.510 e. The van der Waals surface area contributed by atoms with Crippen molar-refractivity contribution in [2.75, 3.05) is 40.5 Å². The Kier molecular flexibility index (Phi) is 8.38. The molecule has 0 aromatic rings. The Morgan fingerprint density at radius 1 is 1.38 bits per heavy atom. The molecular weight excluding hydrogens is 409 g/mol. The predicted molar refractivity (Wildman–Crippen MR) is 103 cm³/mol. The molecule has 0 spiro atoms. The lowest BCUT2D eigenvalue weighted by Gasteiger charge is -2.27. The fraction of sp³-hybridized carbons (Fsp3) is 0.733. The minimum Gasteiger partial charge on any atom is -0.482 e. The number of nitrogens with zero attached hydrogens (tertiary/aromatic N) is 4. The first-order valence-electron chi connectivity index (χ1n) is 8.73. The average molecular weight is 435 g/mol. The van der Waals surface area contributed by atoms with Crippen LogP contribution in [0.5, 0.6) is 0 Å². The van der Waals surface area contributed by atoms with E-state index in [1.807, 2.05) is 0 Å². The van der Waals surface area contributed by atoms with Crippen molar-refractivity contribution in [3.63, 3.8) is 0 Å². The lowest BCUT2D eigenvalue weighted by Crippen LogP contribution is -2.44. The maximum absolute atomic E-state index is 12.4. The molecule has 2 aliphatic heterocycles. The fourth-order valence-corrected chi connectivity index (χ4v) is 3.24. The molecule has 0 saturated heterocycles. The van der Waals surface area contributed by atoms with Crippen LogP contribution in [-0.4, -0.2) is 88.1 Å². The van der Waals surface area contributed by atoms with Gasteiger partial charge in [0.1, 0.15) is 6.35 Å². The molecule has 164 valence electrons. The van der Waals surface area contributed by atoms with Gasteiger partial charge in [0.15, 0.2) is 12.2 Å². The summed E-state index contributed by atoms with van der Waals surface area (Å²) in [5.41, 5.74) is 5.70. The van der Waals surface area contributed by atoms with Crippen LogP contribution in [0.1, 0.15) is 13.8 Å². The van der Waals surface area contributed by atoms with Gasteiger partial charge in [-0.25, -0.2) is 9.79 Å². The minimum absolute atomic E-state index is 0.104. The molecule has 13 nitrogen and oxygen atoms in total. The Morgan fingerprint density at radius 2 is 2.14 bits per heavy atom. The van der Waals surface area contributed by atoms with E-state index < -0.39 is 20.5 Å². The van der Waals surface area contributed by atoms with Crippen molar-refractivity contribution in [1.29, 1.82) is 0 Å². The zero-order chi connectivity index (χ0) is 21.4. The first-order chi connectivity index (χ1) is 13.8. The van der Waals surface area contributed by atoms with Crippen molar-refractivity contribution in [1.82, 2.24) is 4.90 Å². The molecule has 0 saturated carbocycles. The number of methoxy groups -OCH3 is 1. The van der Waals surface area contributed by atoms with Crippen LogP contribution in [-0.2, 0) is 32.6 Å². The summed E-state index contributed by atoms with van der Waals surface area (Å²) in [6, 6.07) is -0.372. The lowest BCUT2D eigenvalue weighted by atomic mass is 10.2. The van der Waals surface area contributed by atoms with Crippen molar-refractivity contribution >= 4 is 31.9 Å². The number of hydrogen-bond donors (Lipinski definition) is 1. The van der Waals surface area contributed by atoms with Gasteiger partial charge in [-0.05, 0) is 13.8 Å². The highest BCUT2D eigenvalue weighted by molar-refractivity contribution is 7.53. The monoisotopic (exact) mass is 435 g/mol. The average Bonchev–Trinajstić information content (AvgIpc) is 3.06. The van der Waals surface area contributed by atoms with E-state index in [0.29, 0.717) is 12.4 Å². The third kappa shape index (κ3) is 6.67. The third-order valence-corrected chi connectivity index (χ3v) is 5.28. The number of carbonyl (C=O) groups is 1.